The van der Waals surface area contributed by atoms with E-state index in [1.54, 1.807) is 23.1 Å². The molecule has 1 heterocycles. The fourth-order valence-corrected chi connectivity index (χ4v) is 5.13. The van der Waals surface area contributed by atoms with Crippen LogP contribution in [0.15, 0.2) is 77.5 Å². The third-order valence-electron chi connectivity index (χ3n) is 7.28. The smallest absolute Gasteiger partial charge is 0.253 e. The highest BCUT2D eigenvalue weighted by atomic mass is 19.1. The van der Waals surface area contributed by atoms with Crippen LogP contribution >= 0.6 is 0 Å². The number of rotatable bonds is 15. The summed E-state index contributed by atoms with van der Waals surface area (Å²) in [6, 6.07) is 13.6. The molecular weight excluding hydrogens is 590 g/mol. The molecule has 0 saturated heterocycles. The molecule has 0 spiro atoms. The number of halogens is 2. The first-order valence-corrected chi connectivity index (χ1v) is 15.2. The van der Waals surface area contributed by atoms with Gasteiger partial charge in [-0.25, -0.2) is 13.8 Å². The second kappa shape index (κ2) is 16.5. The van der Waals surface area contributed by atoms with Crippen LogP contribution < -0.4 is 11.1 Å². The molecule has 2 atom stereocenters. The Morgan fingerprint density at radius 3 is 2.39 bits per heavy atom. The normalized spacial score (nSPS) is 12.3. The zero-order valence-electron chi connectivity index (χ0n) is 26.0. The molecule has 3 N–H and O–H groups in total. The van der Waals surface area contributed by atoms with Crippen LogP contribution in [-0.4, -0.2) is 53.5 Å². The zero-order valence-corrected chi connectivity index (χ0v) is 26.0. The number of carbonyl (C=O) groups excluding carboxylic acids is 2. The van der Waals surface area contributed by atoms with Crippen molar-refractivity contribution in [3.05, 3.63) is 113 Å². The number of hydrogen-bond acceptors (Lipinski definition) is 6. The van der Waals surface area contributed by atoms with Crippen molar-refractivity contribution in [3.8, 4) is 23.8 Å². The van der Waals surface area contributed by atoms with Crippen molar-refractivity contribution in [1.82, 2.24) is 15.2 Å². The molecule has 4 rings (SSSR count). The first-order valence-electron chi connectivity index (χ1n) is 15.2. The van der Waals surface area contributed by atoms with E-state index in [4.69, 9.17) is 21.3 Å². The van der Waals surface area contributed by atoms with E-state index in [1.165, 1.54) is 30.7 Å². The molecule has 0 bridgehead atoms. The van der Waals surface area contributed by atoms with Crippen LogP contribution in [0.1, 0.15) is 64.1 Å². The lowest BCUT2D eigenvalue weighted by Crippen LogP contribution is -2.51. The molecular formula is C36H38F2N4O4. The maximum Gasteiger partial charge on any atom is 0.253 e. The first-order chi connectivity index (χ1) is 22.2. The van der Waals surface area contributed by atoms with E-state index in [0.29, 0.717) is 35.3 Å². The highest BCUT2D eigenvalue weighted by Crippen LogP contribution is 2.23. The van der Waals surface area contributed by atoms with Crippen LogP contribution in [0, 0.1) is 24.0 Å². The van der Waals surface area contributed by atoms with Gasteiger partial charge in [0, 0.05) is 47.5 Å². The Morgan fingerprint density at radius 2 is 1.74 bits per heavy atom. The largest absolute Gasteiger partial charge is 0.445 e. The highest BCUT2D eigenvalue weighted by molar-refractivity contribution is 6.01. The van der Waals surface area contributed by atoms with E-state index < -0.39 is 29.6 Å². The second-order valence-electron chi connectivity index (χ2n) is 11.0. The Morgan fingerprint density at radius 1 is 1.02 bits per heavy atom. The van der Waals surface area contributed by atoms with E-state index in [2.05, 4.69) is 16.2 Å². The average Bonchev–Trinajstić information content (AvgIpc) is 3.59. The van der Waals surface area contributed by atoms with Gasteiger partial charge in [0.1, 0.15) is 17.9 Å². The van der Waals surface area contributed by atoms with Crippen molar-refractivity contribution in [1.29, 1.82) is 0 Å². The predicted molar refractivity (Wildman–Crippen MR) is 172 cm³/mol. The molecule has 0 aliphatic rings. The van der Waals surface area contributed by atoms with E-state index in [1.807, 2.05) is 32.0 Å². The molecule has 2 amide bonds. The fourth-order valence-electron chi connectivity index (χ4n) is 5.13. The quantitative estimate of drug-likeness (QED) is 0.162. The summed E-state index contributed by atoms with van der Waals surface area (Å²) in [4.78, 5) is 33.3. The number of hydrogen-bond donors (Lipinski definition) is 2. The lowest BCUT2D eigenvalue weighted by molar-refractivity contribution is 0.0755. The van der Waals surface area contributed by atoms with Crippen LogP contribution in [0.3, 0.4) is 0 Å². The molecule has 0 aliphatic carbocycles. The van der Waals surface area contributed by atoms with Crippen molar-refractivity contribution in [3.63, 3.8) is 0 Å². The molecule has 1 aromatic heterocycles. The zero-order chi connectivity index (χ0) is 33.1. The fraction of sp³-hybridized carbons (Fsp3) is 0.306. The number of aromatic nitrogens is 1. The lowest BCUT2D eigenvalue weighted by atomic mass is 9.98. The molecule has 0 saturated carbocycles. The maximum absolute atomic E-state index is 14.1. The second-order valence-corrected chi connectivity index (χ2v) is 11.0. The minimum atomic E-state index is -0.799. The van der Waals surface area contributed by atoms with Crippen LogP contribution in [0.25, 0.3) is 11.5 Å². The van der Waals surface area contributed by atoms with Crippen molar-refractivity contribution in [2.75, 3.05) is 19.7 Å². The molecule has 240 valence electrons. The van der Waals surface area contributed by atoms with Gasteiger partial charge in [0.15, 0.2) is 0 Å². The number of amides is 2. The van der Waals surface area contributed by atoms with Gasteiger partial charge in [-0.3, -0.25) is 9.59 Å². The van der Waals surface area contributed by atoms with E-state index >= 15 is 0 Å². The van der Waals surface area contributed by atoms with Crippen LogP contribution in [-0.2, 0) is 17.8 Å². The summed E-state index contributed by atoms with van der Waals surface area (Å²) in [5.41, 5.74) is 9.30. The predicted octanol–water partition coefficient (Wildman–Crippen LogP) is 5.75. The van der Waals surface area contributed by atoms with E-state index in [9.17, 15) is 18.4 Å². The minimum Gasteiger partial charge on any atom is -0.445 e. The van der Waals surface area contributed by atoms with Crippen molar-refractivity contribution in [2.24, 2.45) is 5.73 Å². The summed E-state index contributed by atoms with van der Waals surface area (Å²) < 4.78 is 39.5. The van der Waals surface area contributed by atoms with Gasteiger partial charge in [0.25, 0.3) is 11.8 Å². The Labute approximate surface area is 268 Å². The van der Waals surface area contributed by atoms with Gasteiger partial charge >= 0.3 is 0 Å². The van der Waals surface area contributed by atoms with Crippen molar-refractivity contribution >= 4 is 11.8 Å². The summed E-state index contributed by atoms with van der Waals surface area (Å²) in [5.74, 6) is 0.560. The molecule has 3 aromatic carbocycles. The summed E-state index contributed by atoms with van der Waals surface area (Å²) >= 11 is 0. The summed E-state index contributed by atoms with van der Waals surface area (Å²) in [6.45, 7) is 5.34. The topological polar surface area (TPSA) is 111 Å². The van der Waals surface area contributed by atoms with Crippen LogP contribution in [0.4, 0.5) is 8.78 Å². The van der Waals surface area contributed by atoms with Gasteiger partial charge < -0.3 is 25.1 Å². The summed E-state index contributed by atoms with van der Waals surface area (Å²) in [6.07, 6.45) is 9.93. The standard InChI is InChI=1S/C36H38F2N4O4/c1-4-11-42(12-5-2)36(44)29-19-27(18-28(20-29)35-40-10-13-46-35)34(43)41-33(17-26-15-30(37)21-31(38)16-26)32(39)23-45-22-25-9-7-8-24(6-3)14-25/h3,7-10,13-16,18-21,32-33H,4-5,11-12,17,22-23,39H2,1-2H3,(H,41,43)/t32?,33-/m0/s1. The number of nitrogens with two attached hydrogens (primary N) is 1. The molecule has 0 radical (unpaired) electrons. The van der Waals surface area contributed by atoms with Gasteiger partial charge in [-0.15, -0.1) is 6.42 Å². The van der Waals surface area contributed by atoms with Crippen molar-refractivity contribution < 1.29 is 27.5 Å². The molecule has 46 heavy (non-hydrogen) atoms. The Balaban J connectivity index is 1.61. The SMILES string of the molecule is C#Cc1cccc(COCC(N)[C@H](Cc2cc(F)cc(F)c2)NC(=O)c2cc(C(=O)N(CCC)CCC)cc(-c3ncco3)c2)c1. The average molecular weight is 629 g/mol. The Bertz CT molecular complexity index is 1640. The minimum absolute atomic E-state index is 0.0174. The number of ether oxygens (including phenoxy) is 1. The molecule has 1 unspecified atom stereocenters. The molecule has 0 aliphatic heterocycles. The van der Waals surface area contributed by atoms with E-state index in [-0.39, 0.29) is 37.0 Å². The Hall–Kier alpha value is -4.85. The van der Waals surface area contributed by atoms with Crippen molar-refractivity contribution in [2.45, 2.75) is 51.8 Å². The highest BCUT2D eigenvalue weighted by Gasteiger charge is 2.25. The van der Waals surface area contributed by atoms with Crippen LogP contribution in [0.5, 0.6) is 0 Å². The van der Waals surface area contributed by atoms with Gasteiger partial charge in [-0.2, -0.15) is 0 Å². The third kappa shape index (κ3) is 9.33. The number of carbonyl (C=O) groups is 2. The molecule has 0 fully saturated rings. The number of nitrogens with zero attached hydrogens (tertiary/aromatic N) is 2. The Kier molecular flexibility index (Phi) is 12.2. The number of oxazole rings is 1. The van der Waals surface area contributed by atoms with Crippen LogP contribution in [0.2, 0.25) is 0 Å². The molecule has 8 nitrogen and oxygen atoms in total. The number of benzene rings is 3. The summed E-state index contributed by atoms with van der Waals surface area (Å²) in [7, 11) is 0. The number of terminal acetylenes is 1. The molecule has 10 heteroatoms. The van der Waals surface area contributed by atoms with Gasteiger partial charge in [0.05, 0.1) is 25.5 Å². The van der Waals surface area contributed by atoms with Gasteiger partial charge in [-0.05, 0) is 72.9 Å². The number of nitrogens with one attached hydrogen (secondary N) is 1. The third-order valence-corrected chi connectivity index (χ3v) is 7.28. The molecule has 4 aromatic rings. The monoisotopic (exact) mass is 628 g/mol. The van der Waals surface area contributed by atoms with Gasteiger partial charge in [0.2, 0.25) is 5.89 Å². The first kappa shape index (κ1) is 34.0. The van der Waals surface area contributed by atoms with E-state index in [0.717, 1.165) is 24.5 Å². The summed E-state index contributed by atoms with van der Waals surface area (Å²) in [5, 5.41) is 2.91. The lowest BCUT2D eigenvalue weighted by Gasteiger charge is -2.26. The van der Waals surface area contributed by atoms with Gasteiger partial charge in [-0.1, -0.05) is 31.9 Å². The maximum atomic E-state index is 14.1.